The van der Waals surface area contributed by atoms with Gasteiger partial charge in [0.2, 0.25) is 0 Å². The van der Waals surface area contributed by atoms with Crippen LogP contribution in [0.1, 0.15) is 19.8 Å². The van der Waals surface area contributed by atoms with Crippen LogP contribution in [-0.2, 0) is 14.3 Å². The average molecular weight is 214 g/mol. The van der Waals surface area contributed by atoms with E-state index in [4.69, 9.17) is 9.84 Å². The van der Waals surface area contributed by atoms with Gasteiger partial charge in [0.25, 0.3) is 0 Å². The normalized spacial score (nSPS) is 29.9. The Morgan fingerprint density at radius 1 is 1.33 bits per heavy atom. The molecule has 0 aliphatic heterocycles. The SMILES string of the molecule is C=C(C)OC(=O)C1C[C@H](O)C[C@H]1C(=O)O. The van der Waals surface area contributed by atoms with E-state index in [1.807, 2.05) is 0 Å². The lowest BCUT2D eigenvalue weighted by Crippen LogP contribution is -2.26. The van der Waals surface area contributed by atoms with E-state index in [0.29, 0.717) is 0 Å². The molecule has 0 aromatic carbocycles. The number of hydrogen-bond acceptors (Lipinski definition) is 4. The van der Waals surface area contributed by atoms with Crippen molar-refractivity contribution in [2.24, 2.45) is 11.8 Å². The predicted molar refractivity (Wildman–Crippen MR) is 50.8 cm³/mol. The molecule has 5 nitrogen and oxygen atoms in total. The zero-order valence-corrected chi connectivity index (χ0v) is 8.47. The zero-order chi connectivity index (χ0) is 11.6. The highest BCUT2D eigenvalue weighted by Crippen LogP contribution is 2.33. The lowest BCUT2D eigenvalue weighted by atomic mass is 9.96. The van der Waals surface area contributed by atoms with Crippen LogP contribution in [-0.4, -0.2) is 28.3 Å². The van der Waals surface area contributed by atoms with Crippen LogP contribution in [0.25, 0.3) is 0 Å². The number of carboxylic acid groups (broad SMARTS) is 1. The largest absolute Gasteiger partial charge is 0.481 e. The number of carbonyl (C=O) groups is 2. The standard InChI is InChI=1S/C10H14O5/c1-5(2)15-10(14)8-4-6(11)3-7(8)9(12)13/h6-8,11H,1,3-4H2,2H3,(H,12,13)/t6-,7-,8?/m1/s1. The van der Waals surface area contributed by atoms with E-state index in [1.54, 1.807) is 0 Å². The second kappa shape index (κ2) is 4.44. The smallest absolute Gasteiger partial charge is 0.314 e. The Morgan fingerprint density at radius 2 is 1.87 bits per heavy atom. The Balaban J connectivity index is 2.70. The molecule has 84 valence electrons. The van der Waals surface area contributed by atoms with Gasteiger partial charge in [0, 0.05) is 0 Å². The highest BCUT2D eigenvalue weighted by atomic mass is 16.5. The number of carboxylic acids is 1. The lowest BCUT2D eigenvalue weighted by molar-refractivity contribution is -0.153. The second-order valence-electron chi connectivity index (χ2n) is 3.80. The third kappa shape index (κ3) is 2.79. The summed E-state index contributed by atoms with van der Waals surface area (Å²) in [5.74, 6) is -3.09. The molecule has 15 heavy (non-hydrogen) atoms. The van der Waals surface area contributed by atoms with E-state index in [0.717, 1.165) is 0 Å². The van der Waals surface area contributed by atoms with Crippen LogP contribution in [0.2, 0.25) is 0 Å². The van der Waals surface area contributed by atoms with E-state index in [9.17, 15) is 14.7 Å². The Kier molecular flexibility index (Phi) is 3.47. The van der Waals surface area contributed by atoms with Gasteiger partial charge in [0.05, 0.1) is 23.7 Å². The van der Waals surface area contributed by atoms with Gasteiger partial charge in [-0.25, -0.2) is 0 Å². The van der Waals surface area contributed by atoms with Crippen LogP contribution in [0.5, 0.6) is 0 Å². The topological polar surface area (TPSA) is 83.8 Å². The highest BCUT2D eigenvalue weighted by molar-refractivity contribution is 5.82. The van der Waals surface area contributed by atoms with E-state index >= 15 is 0 Å². The first-order chi connectivity index (χ1) is 6.91. The minimum atomic E-state index is -1.07. The molecular formula is C10H14O5. The Morgan fingerprint density at radius 3 is 2.33 bits per heavy atom. The maximum absolute atomic E-state index is 11.5. The van der Waals surface area contributed by atoms with Gasteiger partial charge in [-0.2, -0.15) is 0 Å². The summed E-state index contributed by atoms with van der Waals surface area (Å²) in [5, 5.41) is 18.2. The molecule has 1 rings (SSSR count). The molecule has 1 fully saturated rings. The molecule has 2 N–H and O–H groups in total. The Labute approximate surface area is 87.4 Å². The molecule has 1 aliphatic carbocycles. The Hall–Kier alpha value is -1.36. The van der Waals surface area contributed by atoms with Crippen molar-refractivity contribution in [1.29, 1.82) is 0 Å². The molecule has 5 heteroatoms. The van der Waals surface area contributed by atoms with Gasteiger partial charge < -0.3 is 14.9 Å². The van der Waals surface area contributed by atoms with Crippen molar-refractivity contribution >= 4 is 11.9 Å². The summed E-state index contributed by atoms with van der Waals surface area (Å²) in [4.78, 5) is 22.3. The summed E-state index contributed by atoms with van der Waals surface area (Å²) in [7, 11) is 0. The van der Waals surface area contributed by atoms with Crippen molar-refractivity contribution in [3.8, 4) is 0 Å². The number of ether oxygens (including phenoxy) is 1. The molecule has 0 aromatic rings. The number of aliphatic hydroxyl groups excluding tert-OH is 1. The third-order valence-corrected chi connectivity index (χ3v) is 2.43. The Bertz CT molecular complexity index is 296. The summed E-state index contributed by atoms with van der Waals surface area (Å²) in [6, 6.07) is 0. The van der Waals surface area contributed by atoms with Gasteiger partial charge >= 0.3 is 11.9 Å². The number of esters is 1. The van der Waals surface area contributed by atoms with Crippen LogP contribution in [0, 0.1) is 11.8 Å². The second-order valence-corrected chi connectivity index (χ2v) is 3.80. The van der Waals surface area contributed by atoms with Gasteiger partial charge in [0.15, 0.2) is 0 Å². The first-order valence-corrected chi connectivity index (χ1v) is 4.70. The maximum Gasteiger partial charge on any atom is 0.314 e. The molecule has 0 radical (unpaired) electrons. The van der Waals surface area contributed by atoms with Gasteiger partial charge in [-0.15, -0.1) is 0 Å². The molecule has 3 atom stereocenters. The lowest BCUT2D eigenvalue weighted by Gasteiger charge is -2.13. The number of hydrogen-bond donors (Lipinski definition) is 2. The number of carbonyl (C=O) groups excluding carboxylic acids is 1. The quantitative estimate of drug-likeness (QED) is 0.529. The van der Waals surface area contributed by atoms with Crippen LogP contribution < -0.4 is 0 Å². The van der Waals surface area contributed by atoms with Gasteiger partial charge in [-0.1, -0.05) is 6.58 Å². The van der Waals surface area contributed by atoms with Crippen molar-refractivity contribution in [2.45, 2.75) is 25.9 Å². The summed E-state index contributed by atoms with van der Waals surface area (Å²) < 4.78 is 4.76. The summed E-state index contributed by atoms with van der Waals surface area (Å²) in [5.41, 5.74) is 0. The number of aliphatic carboxylic acids is 1. The molecule has 0 saturated heterocycles. The first-order valence-electron chi connectivity index (χ1n) is 4.70. The summed E-state index contributed by atoms with van der Waals surface area (Å²) in [6.45, 7) is 4.92. The van der Waals surface area contributed by atoms with E-state index in [2.05, 4.69) is 6.58 Å². The van der Waals surface area contributed by atoms with E-state index in [1.165, 1.54) is 6.92 Å². The molecule has 1 aliphatic rings. The van der Waals surface area contributed by atoms with Gasteiger partial charge in [-0.05, 0) is 19.8 Å². The van der Waals surface area contributed by atoms with E-state index in [-0.39, 0.29) is 18.6 Å². The van der Waals surface area contributed by atoms with Crippen LogP contribution >= 0.6 is 0 Å². The van der Waals surface area contributed by atoms with E-state index < -0.39 is 29.9 Å². The molecule has 0 bridgehead atoms. The molecule has 1 unspecified atom stereocenters. The monoisotopic (exact) mass is 214 g/mol. The zero-order valence-electron chi connectivity index (χ0n) is 8.47. The fourth-order valence-electron chi connectivity index (χ4n) is 1.79. The minimum absolute atomic E-state index is 0.102. The van der Waals surface area contributed by atoms with Crippen LogP contribution in [0.4, 0.5) is 0 Å². The van der Waals surface area contributed by atoms with Gasteiger partial charge in [0.1, 0.15) is 0 Å². The molecule has 0 amide bonds. The molecular weight excluding hydrogens is 200 g/mol. The minimum Gasteiger partial charge on any atom is -0.481 e. The van der Waals surface area contributed by atoms with Crippen molar-refractivity contribution in [1.82, 2.24) is 0 Å². The van der Waals surface area contributed by atoms with Crippen molar-refractivity contribution in [3.05, 3.63) is 12.3 Å². The number of aliphatic hydroxyl groups is 1. The van der Waals surface area contributed by atoms with Gasteiger partial charge in [-0.3, -0.25) is 9.59 Å². The maximum atomic E-state index is 11.5. The molecule has 0 spiro atoms. The van der Waals surface area contributed by atoms with Crippen molar-refractivity contribution < 1.29 is 24.5 Å². The number of allylic oxidation sites excluding steroid dienone is 1. The number of rotatable bonds is 3. The summed E-state index contributed by atoms with van der Waals surface area (Å²) in [6.07, 6.45) is -0.497. The molecule has 0 aromatic heterocycles. The summed E-state index contributed by atoms with van der Waals surface area (Å²) >= 11 is 0. The van der Waals surface area contributed by atoms with Crippen molar-refractivity contribution in [3.63, 3.8) is 0 Å². The van der Waals surface area contributed by atoms with Crippen LogP contribution in [0.3, 0.4) is 0 Å². The average Bonchev–Trinajstić information content (AvgIpc) is 2.46. The molecule has 1 saturated carbocycles. The third-order valence-electron chi connectivity index (χ3n) is 2.43. The highest BCUT2D eigenvalue weighted by Gasteiger charge is 2.43. The molecule has 0 heterocycles. The predicted octanol–water partition coefficient (Wildman–Crippen LogP) is 0.535. The first kappa shape index (κ1) is 11.7. The fourth-order valence-corrected chi connectivity index (χ4v) is 1.79. The fraction of sp³-hybridized carbons (Fsp3) is 0.600. The van der Waals surface area contributed by atoms with Crippen LogP contribution in [0.15, 0.2) is 12.3 Å². The van der Waals surface area contributed by atoms with Crippen molar-refractivity contribution in [2.75, 3.05) is 0 Å².